The maximum absolute atomic E-state index is 12.0. The molecule has 0 saturated carbocycles. The summed E-state index contributed by atoms with van der Waals surface area (Å²) in [7, 11) is 0. The molecule has 0 unspecified atom stereocenters. The molecule has 1 aromatic carbocycles. The fraction of sp³-hybridized carbons (Fsp3) is 0.588. The Labute approximate surface area is 128 Å². The molecule has 1 N–H and O–H groups in total. The Hall–Kier alpha value is -1.55. The molecule has 116 valence electrons. The Bertz CT molecular complexity index is 434. The number of hydrogen-bond acceptors (Lipinski definition) is 2. The van der Waals surface area contributed by atoms with Crippen molar-refractivity contribution < 1.29 is 4.79 Å². The minimum atomic E-state index is -0.0243. The number of carbonyl (C=O) groups excluding carboxylic acids is 1. The SMILES string of the molecule is CCN(CC)C(=O)Nc1ccc(CN2CCCCC2)cc1. The van der Waals surface area contributed by atoms with Gasteiger partial charge in [-0.2, -0.15) is 0 Å². The van der Waals surface area contributed by atoms with Crippen LogP contribution in [0.25, 0.3) is 0 Å². The maximum atomic E-state index is 12.0. The first kappa shape index (κ1) is 15.8. The van der Waals surface area contributed by atoms with Crippen molar-refractivity contribution in [2.75, 3.05) is 31.5 Å². The molecule has 1 fully saturated rings. The molecule has 21 heavy (non-hydrogen) atoms. The van der Waals surface area contributed by atoms with Gasteiger partial charge in [0.25, 0.3) is 0 Å². The van der Waals surface area contributed by atoms with E-state index in [-0.39, 0.29) is 6.03 Å². The summed E-state index contributed by atoms with van der Waals surface area (Å²) in [6.45, 7) is 8.88. The number of nitrogens with zero attached hydrogens (tertiary/aromatic N) is 2. The van der Waals surface area contributed by atoms with Gasteiger partial charge in [-0.05, 0) is 57.5 Å². The van der Waals surface area contributed by atoms with Crippen LogP contribution in [0.1, 0.15) is 38.7 Å². The zero-order valence-corrected chi connectivity index (χ0v) is 13.3. The fourth-order valence-corrected chi connectivity index (χ4v) is 2.78. The van der Waals surface area contributed by atoms with Crippen molar-refractivity contribution in [2.45, 2.75) is 39.7 Å². The summed E-state index contributed by atoms with van der Waals surface area (Å²) < 4.78 is 0. The van der Waals surface area contributed by atoms with E-state index in [1.54, 1.807) is 4.90 Å². The smallest absolute Gasteiger partial charge is 0.321 e. The second kappa shape index (κ2) is 8.03. The summed E-state index contributed by atoms with van der Waals surface area (Å²) in [5, 5.41) is 2.95. The molecule has 0 radical (unpaired) electrons. The van der Waals surface area contributed by atoms with Crippen LogP contribution in [0, 0.1) is 0 Å². The van der Waals surface area contributed by atoms with Crippen molar-refractivity contribution in [1.82, 2.24) is 9.80 Å². The Morgan fingerprint density at radius 1 is 1.10 bits per heavy atom. The van der Waals surface area contributed by atoms with Gasteiger partial charge in [-0.15, -0.1) is 0 Å². The van der Waals surface area contributed by atoms with E-state index in [1.807, 2.05) is 26.0 Å². The number of nitrogens with one attached hydrogen (secondary N) is 1. The van der Waals surface area contributed by atoms with Crippen molar-refractivity contribution in [3.05, 3.63) is 29.8 Å². The number of benzene rings is 1. The van der Waals surface area contributed by atoms with Crippen LogP contribution < -0.4 is 5.32 Å². The number of rotatable bonds is 5. The van der Waals surface area contributed by atoms with E-state index < -0.39 is 0 Å². The molecule has 2 rings (SSSR count). The van der Waals surface area contributed by atoms with Crippen molar-refractivity contribution >= 4 is 11.7 Å². The highest BCUT2D eigenvalue weighted by atomic mass is 16.2. The third kappa shape index (κ3) is 4.74. The second-order valence-electron chi connectivity index (χ2n) is 5.64. The number of hydrogen-bond donors (Lipinski definition) is 1. The molecule has 4 heteroatoms. The van der Waals surface area contributed by atoms with E-state index in [0.717, 1.165) is 25.3 Å². The van der Waals surface area contributed by atoms with Crippen molar-refractivity contribution in [1.29, 1.82) is 0 Å². The van der Waals surface area contributed by atoms with E-state index in [0.29, 0.717) is 0 Å². The molecule has 0 bridgehead atoms. The molecule has 1 aliphatic heterocycles. The molecule has 1 aromatic rings. The van der Waals surface area contributed by atoms with E-state index in [1.165, 1.54) is 37.9 Å². The highest BCUT2D eigenvalue weighted by Gasteiger charge is 2.11. The third-order valence-corrected chi connectivity index (χ3v) is 4.11. The molecule has 0 aromatic heterocycles. The predicted octanol–water partition coefficient (Wildman–Crippen LogP) is 3.55. The summed E-state index contributed by atoms with van der Waals surface area (Å²) in [6, 6.07) is 8.21. The third-order valence-electron chi connectivity index (χ3n) is 4.11. The van der Waals surface area contributed by atoms with Crippen molar-refractivity contribution in [2.24, 2.45) is 0 Å². The Balaban J connectivity index is 1.87. The number of likely N-dealkylation sites (tertiary alicyclic amines) is 1. The Morgan fingerprint density at radius 2 is 1.71 bits per heavy atom. The predicted molar refractivity (Wildman–Crippen MR) is 87.5 cm³/mol. The molecular formula is C17H27N3O. The highest BCUT2D eigenvalue weighted by Crippen LogP contribution is 2.15. The number of anilines is 1. The molecule has 2 amide bonds. The lowest BCUT2D eigenvalue weighted by molar-refractivity contribution is 0.217. The average molecular weight is 289 g/mol. The number of carbonyl (C=O) groups is 1. The zero-order chi connectivity index (χ0) is 15.1. The number of amides is 2. The first-order valence-electron chi connectivity index (χ1n) is 8.10. The second-order valence-corrected chi connectivity index (χ2v) is 5.64. The molecule has 0 atom stereocenters. The number of piperidine rings is 1. The topological polar surface area (TPSA) is 35.6 Å². The number of urea groups is 1. The van der Waals surface area contributed by atoms with Gasteiger partial charge < -0.3 is 10.2 Å². The fourth-order valence-electron chi connectivity index (χ4n) is 2.78. The average Bonchev–Trinajstić information content (AvgIpc) is 2.51. The molecule has 0 aliphatic carbocycles. The lowest BCUT2D eigenvalue weighted by Crippen LogP contribution is -2.34. The van der Waals surface area contributed by atoms with Crippen LogP contribution in [0.5, 0.6) is 0 Å². The Kier molecular flexibility index (Phi) is 6.05. The van der Waals surface area contributed by atoms with Crippen LogP contribution in [-0.2, 0) is 6.54 Å². The monoisotopic (exact) mass is 289 g/mol. The summed E-state index contributed by atoms with van der Waals surface area (Å²) in [5.41, 5.74) is 2.19. The molecule has 1 saturated heterocycles. The van der Waals surface area contributed by atoms with Gasteiger partial charge in [0, 0.05) is 25.3 Å². The van der Waals surface area contributed by atoms with Crippen LogP contribution >= 0.6 is 0 Å². The summed E-state index contributed by atoms with van der Waals surface area (Å²) >= 11 is 0. The summed E-state index contributed by atoms with van der Waals surface area (Å²) in [4.78, 5) is 16.3. The first-order valence-corrected chi connectivity index (χ1v) is 8.10. The van der Waals surface area contributed by atoms with Crippen LogP contribution in [0.15, 0.2) is 24.3 Å². The van der Waals surface area contributed by atoms with Crippen LogP contribution in [0.3, 0.4) is 0 Å². The zero-order valence-electron chi connectivity index (χ0n) is 13.3. The largest absolute Gasteiger partial charge is 0.325 e. The summed E-state index contributed by atoms with van der Waals surface area (Å²) in [5.74, 6) is 0. The highest BCUT2D eigenvalue weighted by molar-refractivity contribution is 5.89. The molecule has 1 aliphatic rings. The molecule has 0 spiro atoms. The lowest BCUT2D eigenvalue weighted by Gasteiger charge is -2.26. The first-order chi connectivity index (χ1) is 10.2. The van der Waals surface area contributed by atoms with Crippen LogP contribution in [0.2, 0.25) is 0 Å². The van der Waals surface area contributed by atoms with Gasteiger partial charge in [0.2, 0.25) is 0 Å². The van der Waals surface area contributed by atoms with Gasteiger partial charge in [0.05, 0.1) is 0 Å². The minimum absolute atomic E-state index is 0.0243. The van der Waals surface area contributed by atoms with Gasteiger partial charge in [0.15, 0.2) is 0 Å². The van der Waals surface area contributed by atoms with Gasteiger partial charge in [-0.25, -0.2) is 4.79 Å². The standard InChI is InChI=1S/C17H27N3O/c1-3-20(4-2)17(21)18-16-10-8-15(9-11-16)14-19-12-6-5-7-13-19/h8-11H,3-7,12-14H2,1-2H3,(H,18,21). The maximum Gasteiger partial charge on any atom is 0.321 e. The molecule has 1 heterocycles. The molecular weight excluding hydrogens is 262 g/mol. The normalized spacial score (nSPS) is 15.7. The minimum Gasteiger partial charge on any atom is -0.325 e. The quantitative estimate of drug-likeness (QED) is 0.900. The lowest BCUT2D eigenvalue weighted by atomic mass is 10.1. The van der Waals surface area contributed by atoms with Crippen LogP contribution in [0.4, 0.5) is 10.5 Å². The van der Waals surface area contributed by atoms with E-state index in [9.17, 15) is 4.79 Å². The van der Waals surface area contributed by atoms with E-state index >= 15 is 0 Å². The van der Waals surface area contributed by atoms with Crippen molar-refractivity contribution in [3.63, 3.8) is 0 Å². The van der Waals surface area contributed by atoms with Gasteiger partial charge in [-0.1, -0.05) is 18.6 Å². The van der Waals surface area contributed by atoms with Crippen molar-refractivity contribution in [3.8, 4) is 0 Å². The Morgan fingerprint density at radius 3 is 2.29 bits per heavy atom. The van der Waals surface area contributed by atoms with Crippen LogP contribution in [-0.4, -0.2) is 42.0 Å². The van der Waals surface area contributed by atoms with Gasteiger partial charge in [-0.3, -0.25) is 4.90 Å². The van der Waals surface area contributed by atoms with E-state index in [2.05, 4.69) is 22.3 Å². The summed E-state index contributed by atoms with van der Waals surface area (Å²) in [6.07, 6.45) is 4.00. The van der Waals surface area contributed by atoms with E-state index in [4.69, 9.17) is 0 Å². The van der Waals surface area contributed by atoms with Gasteiger partial charge >= 0.3 is 6.03 Å². The molecule has 4 nitrogen and oxygen atoms in total. The van der Waals surface area contributed by atoms with Gasteiger partial charge in [0.1, 0.15) is 0 Å².